The topological polar surface area (TPSA) is 75.9 Å². The zero-order chi connectivity index (χ0) is 15.2. The molecular weight excluding hydrogens is 309 g/mol. The van der Waals surface area contributed by atoms with Crippen LogP contribution in [0.2, 0.25) is 10.0 Å². The van der Waals surface area contributed by atoms with Gasteiger partial charge in [0.1, 0.15) is 10.8 Å². The maximum absolute atomic E-state index is 6.09. The lowest BCUT2D eigenvalue weighted by atomic mass is 10.2. The highest BCUT2D eigenvalue weighted by Gasteiger charge is 2.06. The van der Waals surface area contributed by atoms with Gasteiger partial charge in [0.05, 0.1) is 6.20 Å². The molecule has 0 aliphatic heterocycles. The molecule has 0 saturated carbocycles. The van der Waals surface area contributed by atoms with Gasteiger partial charge in [-0.3, -0.25) is 0 Å². The van der Waals surface area contributed by atoms with E-state index in [1.54, 1.807) is 6.20 Å². The van der Waals surface area contributed by atoms with Gasteiger partial charge in [0, 0.05) is 17.3 Å². The van der Waals surface area contributed by atoms with E-state index < -0.39 is 0 Å². The third-order valence-corrected chi connectivity index (χ3v) is 3.53. The Labute approximate surface area is 133 Å². The summed E-state index contributed by atoms with van der Waals surface area (Å²) in [6, 6.07) is 5.68. The molecule has 1 heterocycles. The van der Waals surface area contributed by atoms with Crippen LogP contribution in [0.25, 0.3) is 0 Å². The third-order valence-electron chi connectivity index (χ3n) is 2.85. The van der Waals surface area contributed by atoms with Crippen molar-refractivity contribution in [3.05, 3.63) is 40.0 Å². The fourth-order valence-electron chi connectivity index (χ4n) is 1.66. The Bertz CT molecular complexity index is 618. The monoisotopic (exact) mass is 325 g/mol. The van der Waals surface area contributed by atoms with Crippen LogP contribution in [0.15, 0.2) is 24.4 Å². The summed E-state index contributed by atoms with van der Waals surface area (Å²) >= 11 is 12.2. The zero-order valence-corrected chi connectivity index (χ0v) is 13.2. The van der Waals surface area contributed by atoms with E-state index in [4.69, 9.17) is 28.9 Å². The van der Waals surface area contributed by atoms with Gasteiger partial charge in [-0.1, -0.05) is 29.3 Å². The molecule has 0 atom stereocenters. The minimum absolute atomic E-state index is 0.453. The van der Waals surface area contributed by atoms with E-state index in [-0.39, 0.29) is 0 Å². The quantitative estimate of drug-likeness (QED) is 0.707. The Hall–Kier alpha value is -1.56. The van der Waals surface area contributed by atoms with E-state index in [1.165, 1.54) is 0 Å². The van der Waals surface area contributed by atoms with Gasteiger partial charge in [-0.05, 0) is 37.6 Å². The van der Waals surface area contributed by atoms with Crippen molar-refractivity contribution in [3.8, 4) is 0 Å². The van der Waals surface area contributed by atoms with E-state index in [9.17, 15) is 0 Å². The number of rotatable bonds is 6. The maximum Gasteiger partial charge on any atom is 0.229 e. The second-order valence-electron chi connectivity index (χ2n) is 4.55. The zero-order valence-electron chi connectivity index (χ0n) is 11.7. The molecule has 0 aliphatic rings. The number of nitrogens with one attached hydrogen (secondary N) is 2. The molecule has 0 fully saturated rings. The molecule has 4 N–H and O–H groups in total. The molecule has 112 valence electrons. The Morgan fingerprint density at radius 3 is 2.76 bits per heavy atom. The van der Waals surface area contributed by atoms with Gasteiger partial charge in [0.25, 0.3) is 0 Å². The molecule has 0 bridgehead atoms. The molecule has 0 unspecified atom stereocenters. The smallest absolute Gasteiger partial charge is 0.229 e. The van der Waals surface area contributed by atoms with Gasteiger partial charge in [-0.25, -0.2) is 4.98 Å². The van der Waals surface area contributed by atoms with Crippen molar-refractivity contribution in [1.29, 1.82) is 0 Å². The average Bonchev–Trinajstić information content (AvgIpc) is 2.46. The Morgan fingerprint density at radius 1 is 1.24 bits per heavy atom. The summed E-state index contributed by atoms with van der Waals surface area (Å²) in [4.78, 5) is 8.49. The summed E-state index contributed by atoms with van der Waals surface area (Å²) in [7, 11) is 0. The van der Waals surface area contributed by atoms with Crippen LogP contribution in [-0.2, 0) is 0 Å². The van der Waals surface area contributed by atoms with Gasteiger partial charge in [-0.15, -0.1) is 0 Å². The van der Waals surface area contributed by atoms with Crippen LogP contribution in [0, 0.1) is 6.92 Å². The van der Waals surface area contributed by atoms with Crippen LogP contribution in [-0.4, -0.2) is 23.1 Å². The number of aryl methyl sites for hydroxylation is 1. The number of aromatic nitrogens is 2. The van der Waals surface area contributed by atoms with Crippen LogP contribution in [0.4, 0.5) is 17.5 Å². The first-order chi connectivity index (χ1) is 10.1. The Balaban J connectivity index is 2.12. The van der Waals surface area contributed by atoms with Crippen molar-refractivity contribution in [2.24, 2.45) is 5.73 Å². The summed E-state index contributed by atoms with van der Waals surface area (Å²) in [6.07, 6.45) is 2.40. The Kier molecular flexibility index (Phi) is 5.61. The first kappa shape index (κ1) is 15.8. The molecule has 5 nitrogen and oxygen atoms in total. The van der Waals surface area contributed by atoms with Crippen LogP contribution in [0.1, 0.15) is 12.0 Å². The van der Waals surface area contributed by atoms with Crippen LogP contribution < -0.4 is 16.4 Å². The van der Waals surface area contributed by atoms with E-state index in [1.807, 2.05) is 25.1 Å². The summed E-state index contributed by atoms with van der Waals surface area (Å²) in [5.41, 5.74) is 7.30. The predicted octanol–water partition coefficient (Wildman–Crippen LogP) is 3.60. The summed E-state index contributed by atoms with van der Waals surface area (Å²) in [5, 5.41) is 7.39. The predicted molar refractivity (Wildman–Crippen MR) is 88.7 cm³/mol. The molecule has 1 aromatic carbocycles. The average molecular weight is 326 g/mol. The normalized spacial score (nSPS) is 10.5. The molecule has 2 aromatic rings. The molecule has 21 heavy (non-hydrogen) atoms. The number of halogens is 2. The van der Waals surface area contributed by atoms with Crippen LogP contribution in [0.3, 0.4) is 0 Å². The van der Waals surface area contributed by atoms with E-state index >= 15 is 0 Å². The fourth-order valence-corrected chi connectivity index (χ4v) is 2.00. The van der Waals surface area contributed by atoms with Crippen molar-refractivity contribution in [1.82, 2.24) is 9.97 Å². The molecule has 0 radical (unpaired) electrons. The van der Waals surface area contributed by atoms with Crippen molar-refractivity contribution >= 4 is 40.7 Å². The molecule has 7 heteroatoms. The van der Waals surface area contributed by atoms with Crippen LogP contribution >= 0.6 is 23.2 Å². The second-order valence-corrected chi connectivity index (χ2v) is 5.36. The molecule has 1 aromatic heterocycles. The van der Waals surface area contributed by atoms with Gasteiger partial charge in [-0.2, -0.15) is 4.98 Å². The van der Waals surface area contributed by atoms with Crippen molar-refractivity contribution < 1.29 is 0 Å². The summed E-state index contributed by atoms with van der Waals surface area (Å²) in [5.74, 6) is 1.04. The number of benzene rings is 1. The molecule has 0 saturated heterocycles. The number of anilines is 3. The molecular formula is C14H17Cl2N5. The van der Waals surface area contributed by atoms with Gasteiger partial charge < -0.3 is 16.4 Å². The maximum atomic E-state index is 6.09. The number of nitrogens with zero attached hydrogens (tertiary/aromatic N) is 2. The molecule has 0 spiro atoms. The second kappa shape index (κ2) is 7.45. The lowest BCUT2D eigenvalue weighted by Crippen LogP contribution is -2.10. The highest BCUT2D eigenvalue weighted by atomic mass is 35.5. The summed E-state index contributed by atoms with van der Waals surface area (Å²) < 4.78 is 0. The van der Waals surface area contributed by atoms with E-state index in [0.717, 1.165) is 17.7 Å². The highest BCUT2D eigenvalue weighted by molar-refractivity contribution is 6.32. The van der Waals surface area contributed by atoms with Crippen LogP contribution in [0.5, 0.6) is 0 Å². The number of hydrogen-bond donors (Lipinski definition) is 3. The Morgan fingerprint density at radius 2 is 2.05 bits per heavy atom. The standard InChI is InChI=1S/C14H17Cl2N5/c1-9-3-4-10(7-11(9)15)20-14-19-8-12(16)13(21-14)18-6-2-5-17/h3-4,7-8H,2,5-6,17H2,1H3,(H2,18,19,20,21). The van der Waals surface area contributed by atoms with Crippen molar-refractivity contribution in [3.63, 3.8) is 0 Å². The minimum atomic E-state index is 0.453. The first-order valence-electron chi connectivity index (χ1n) is 6.60. The lowest BCUT2D eigenvalue weighted by Gasteiger charge is -2.10. The first-order valence-corrected chi connectivity index (χ1v) is 7.35. The van der Waals surface area contributed by atoms with E-state index in [0.29, 0.717) is 34.9 Å². The SMILES string of the molecule is Cc1ccc(Nc2ncc(Cl)c(NCCCN)n2)cc1Cl. The molecule has 2 rings (SSSR count). The minimum Gasteiger partial charge on any atom is -0.369 e. The van der Waals surface area contributed by atoms with Gasteiger partial charge >= 0.3 is 0 Å². The van der Waals surface area contributed by atoms with Crippen molar-refractivity contribution in [2.45, 2.75) is 13.3 Å². The molecule has 0 aliphatic carbocycles. The highest BCUT2D eigenvalue weighted by Crippen LogP contribution is 2.24. The van der Waals surface area contributed by atoms with Gasteiger partial charge in [0.15, 0.2) is 0 Å². The number of nitrogens with two attached hydrogens (primary N) is 1. The van der Waals surface area contributed by atoms with Gasteiger partial charge in [0.2, 0.25) is 5.95 Å². The number of hydrogen-bond acceptors (Lipinski definition) is 5. The largest absolute Gasteiger partial charge is 0.369 e. The summed E-state index contributed by atoms with van der Waals surface area (Å²) in [6.45, 7) is 3.27. The lowest BCUT2D eigenvalue weighted by molar-refractivity contribution is 0.869. The van der Waals surface area contributed by atoms with E-state index in [2.05, 4.69) is 20.6 Å². The van der Waals surface area contributed by atoms with Crippen molar-refractivity contribution in [2.75, 3.05) is 23.7 Å². The molecule has 0 amide bonds. The third kappa shape index (κ3) is 4.46. The fraction of sp³-hybridized carbons (Fsp3) is 0.286.